The lowest BCUT2D eigenvalue weighted by Crippen LogP contribution is -1.97. The van der Waals surface area contributed by atoms with Gasteiger partial charge < -0.3 is 10.8 Å². The Bertz CT molecular complexity index is 1380. The second-order valence-electron chi connectivity index (χ2n) is 7.48. The van der Waals surface area contributed by atoms with Crippen molar-refractivity contribution < 1.29 is 5.11 Å². The van der Waals surface area contributed by atoms with Gasteiger partial charge in [0.25, 0.3) is 0 Å². The lowest BCUT2D eigenvalue weighted by atomic mass is 9.96. The van der Waals surface area contributed by atoms with E-state index < -0.39 is 0 Å². The minimum absolute atomic E-state index is 0.0114. The van der Waals surface area contributed by atoms with E-state index in [0.717, 1.165) is 43.9 Å². The van der Waals surface area contributed by atoms with Crippen molar-refractivity contribution >= 4 is 22.2 Å². The normalized spacial score (nSPS) is 11.2. The number of hydrogen-bond acceptors (Lipinski definition) is 5. The molecule has 0 saturated carbocycles. The highest BCUT2D eigenvalue weighted by molar-refractivity contribution is 7.13. The fourth-order valence-corrected chi connectivity index (χ4v) is 4.76. The van der Waals surface area contributed by atoms with Crippen LogP contribution in [0.5, 0.6) is 5.88 Å². The van der Waals surface area contributed by atoms with Crippen molar-refractivity contribution in [2.24, 2.45) is 5.73 Å². The first-order valence-electron chi connectivity index (χ1n) is 10.1. The summed E-state index contributed by atoms with van der Waals surface area (Å²) in [6, 6.07) is 22.4. The van der Waals surface area contributed by atoms with Gasteiger partial charge in [0.1, 0.15) is 0 Å². The molecule has 0 amide bonds. The van der Waals surface area contributed by atoms with Crippen molar-refractivity contribution in [2.45, 2.75) is 13.5 Å². The van der Waals surface area contributed by atoms with Gasteiger partial charge >= 0.3 is 0 Å². The molecule has 31 heavy (non-hydrogen) atoms. The van der Waals surface area contributed by atoms with Gasteiger partial charge in [-0.25, -0.2) is 9.97 Å². The van der Waals surface area contributed by atoms with Crippen LogP contribution >= 0.6 is 11.3 Å². The first-order valence-corrected chi connectivity index (χ1v) is 11.0. The zero-order chi connectivity index (χ0) is 21.4. The van der Waals surface area contributed by atoms with Crippen LogP contribution in [0.4, 0.5) is 0 Å². The molecular formula is C26H21N3OS. The fraction of sp³-hybridized carbons (Fsp3) is 0.0769. The van der Waals surface area contributed by atoms with Crippen LogP contribution in [0.2, 0.25) is 0 Å². The Morgan fingerprint density at radius 1 is 0.935 bits per heavy atom. The van der Waals surface area contributed by atoms with Gasteiger partial charge in [-0.05, 0) is 41.1 Å². The summed E-state index contributed by atoms with van der Waals surface area (Å²) in [5, 5.41) is 13.3. The van der Waals surface area contributed by atoms with E-state index in [0.29, 0.717) is 11.9 Å². The number of fused-ring (bicyclic) bond motifs is 1. The largest absolute Gasteiger partial charge is 0.493 e. The molecule has 0 aliphatic carbocycles. The van der Waals surface area contributed by atoms with Crippen molar-refractivity contribution in [1.82, 2.24) is 9.97 Å². The molecule has 5 rings (SSSR count). The molecule has 0 radical (unpaired) electrons. The molecule has 3 heterocycles. The molecule has 3 N–H and O–H groups in total. The number of aryl methyl sites for hydroxylation is 1. The van der Waals surface area contributed by atoms with Crippen LogP contribution in [-0.4, -0.2) is 15.1 Å². The highest BCUT2D eigenvalue weighted by Gasteiger charge is 2.18. The van der Waals surface area contributed by atoms with Gasteiger partial charge in [0.2, 0.25) is 5.88 Å². The molecule has 0 saturated heterocycles. The number of nitrogens with zero attached hydrogens (tertiary/aromatic N) is 2. The third-order valence-corrected chi connectivity index (χ3v) is 6.54. The number of aromatic hydroxyl groups is 1. The van der Waals surface area contributed by atoms with Gasteiger partial charge in [0.05, 0.1) is 16.6 Å². The van der Waals surface area contributed by atoms with Gasteiger partial charge in [-0.3, -0.25) is 0 Å². The molecule has 2 aromatic carbocycles. The number of hydrogen-bond donors (Lipinski definition) is 2. The number of aromatic nitrogens is 2. The smallest absolute Gasteiger partial charge is 0.220 e. The molecule has 0 aliphatic heterocycles. The topological polar surface area (TPSA) is 72.0 Å². The maximum atomic E-state index is 10.6. The third kappa shape index (κ3) is 3.48. The average molecular weight is 424 g/mol. The van der Waals surface area contributed by atoms with Crippen LogP contribution in [-0.2, 0) is 6.54 Å². The monoisotopic (exact) mass is 423 g/mol. The summed E-state index contributed by atoms with van der Waals surface area (Å²) in [6.45, 7) is 2.58. The Morgan fingerprint density at radius 3 is 2.39 bits per heavy atom. The van der Waals surface area contributed by atoms with Crippen molar-refractivity contribution in [2.75, 3.05) is 0 Å². The zero-order valence-corrected chi connectivity index (χ0v) is 17.9. The molecule has 0 spiro atoms. The maximum Gasteiger partial charge on any atom is 0.220 e. The zero-order valence-electron chi connectivity index (χ0n) is 17.0. The molecule has 0 bridgehead atoms. The molecule has 4 nitrogen and oxygen atoms in total. The first kappa shape index (κ1) is 19.4. The SMILES string of the molecule is Cc1ccsc1-c1cnc(O)c2cc(-c3ccccc3)c(-c3ccc(CN)cc3)nc12. The molecular weight excluding hydrogens is 402 g/mol. The van der Waals surface area contributed by atoms with Crippen molar-refractivity contribution in [3.8, 4) is 38.7 Å². The number of benzene rings is 2. The van der Waals surface area contributed by atoms with Gasteiger partial charge in [0, 0.05) is 34.3 Å². The number of thiophene rings is 1. The van der Waals surface area contributed by atoms with E-state index in [1.165, 1.54) is 5.56 Å². The molecule has 0 atom stereocenters. The predicted molar refractivity (Wildman–Crippen MR) is 128 cm³/mol. The minimum atomic E-state index is -0.0114. The molecule has 0 aliphatic rings. The second-order valence-corrected chi connectivity index (χ2v) is 8.39. The summed E-state index contributed by atoms with van der Waals surface area (Å²) >= 11 is 1.65. The molecule has 152 valence electrons. The Hall–Kier alpha value is -3.54. The molecule has 5 aromatic rings. The predicted octanol–water partition coefficient (Wildman–Crippen LogP) is 6.17. The number of nitrogens with two attached hydrogens (primary N) is 1. The van der Waals surface area contributed by atoms with Crippen LogP contribution in [0.1, 0.15) is 11.1 Å². The number of rotatable bonds is 4. The van der Waals surface area contributed by atoms with Crippen LogP contribution < -0.4 is 5.73 Å². The highest BCUT2D eigenvalue weighted by atomic mass is 32.1. The van der Waals surface area contributed by atoms with E-state index in [4.69, 9.17) is 10.7 Å². The molecule has 0 unspecified atom stereocenters. The van der Waals surface area contributed by atoms with E-state index in [9.17, 15) is 5.11 Å². The van der Waals surface area contributed by atoms with Crippen LogP contribution in [0.25, 0.3) is 43.7 Å². The van der Waals surface area contributed by atoms with E-state index in [2.05, 4.69) is 47.6 Å². The van der Waals surface area contributed by atoms with E-state index in [1.807, 2.05) is 36.4 Å². The van der Waals surface area contributed by atoms with E-state index in [-0.39, 0.29) is 5.88 Å². The van der Waals surface area contributed by atoms with Gasteiger partial charge in [-0.2, -0.15) is 0 Å². The molecule has 3 aromatic heterocycles. The van der Waals surface area contributed by atoms with Gasteiger partial charge in [-0.15, -0.1) is 11.3 Å². The second kappa shape index (κ2) is 7.95. The number of pyridine rings is 2. The highest BCUT2D eigenvalue weighted by Crippen LogP contribution is 2.40. The summed E-state index contributed by atoms with van der Waals surface area (Å²) < 4.78 is 0. The Labute approximate surface area is 184 Å². The van der Waals surface area contributed by atoms with E-state index >= 15 is 0 Å². The summed E-state index contributed by atoms with van der Waals surface area (Å²) in [7, 11) is 0. The van der Waals surface area contributed by atoms with Gasteiger partial charge in [-0.1, -0.05) is 54.6 Å². The standard InChI is InChI=1S/C26H21N3OS/c1-16-11-12-31-25(16)22-15-28-26(30)21-13-20(18-5-3-2-4-6-18)23(29-24(21)22)19-9-7-17(14-27)8-10-19/h2-13,15H,14,27H2,1H3,(H,28,30). The molecule has 5 heteroatoms. The van der Waals surface area contributed by atoms with Crippen LogP contribution in [0, 0.1) is 6.92 Å². The van der Waals surface area contributed by atoms with E-state index in [1.54, 1.807) is 17.5 Å². The van der Waals surface area contributed by atoms with Crippen LogP contribution in [0.3, 0.4) is 0 Å². The summed E-state index contributed by atoms with van der Waals surface area (Å²) in [5.74, 6) is -0.0114. The van der Waals surface area contributed by atoms with Crippen molar-refractivity contribution in [3.05, 3.63) is 89.4 Å². The molecule has 0 fully saturated rings. The summed E-state index contributed by atoms with van der Waals surface area (Å²) in [5.41, 5.74) is 13.6. The van der Waals surface area contributed by atoms with Crippen molar-refractivity contribution in [1.29, 1.82) is 0 Å². The fourth-order valence-electron chi connectivity index (χ4n) is 3.82. The quantitative estimate of drug-likeness (QED) is 0.363. The summed E-state index contributed by atoms with van der Waals surface area (Å²) in [4.78, 5) is 10.5. The minimum Gasteiger partial charge on any atom is -0.493 e. The Kier molecular flexibility index (Phi) is 4.98. The van der Waals surface area contributed by atoms with Gasteiger partial charge in [0.15, 0.2) is 0 Å². The first-order chi connectivity index (χ1) is 15.2. The third-order valence-electron chi connectivity index (χ3n) is 5.49. The average Bonchev–Trinajstić information content (AvgIpc) is 3.25. The van der Waals surface area contributed by atoms with Crippen molar-refractivity contribution in [3.63, 3.8) is 0 Å². The Morgan fingerprint density at radius 2 is 1.71 bits per heavy atom. The lowest BCUT2D eigenvalue weighted by Gasteiger charge is -2.14. The Balaban J connectivity index is 1.84. The lowest BCUT2D eigenvalue weighted by molar-refractivity contribution is 0.460. The van der Waals surface area contributed by atoms with Crippen LogP contribution in [0.15, 0.2) is 78.3 Å². The summed E-state index contributed by atoms with van der Waals surface area (Å²) in [6.07, 6.45) is 1.72. The maximum absolute atomic E-state index is 10.6.